The molecule has 2 aliphatic heterocycles. The van der Waals surface area contributed by atoms with Crippen molar-refractivity contribution in [2.45, 2.75) is 32.0 Å². The highest BCUT2D eigenvalue weighted by molar-refractivity contribution is 5.98. The second kappa shape index (κ2) is 6.36. The number of hydrogen-bond acceptors (Lipinski definition) is 4. The number of anilines is 1. The van der Waals surface area contributed by atoms with E-state index in [0.717, 1.165) is 16.7 Å². The van der Waals surface area contributed by atoms with Gasteiger partial charge in [0.05, 0.1) is 24.5 Å². The number of alkyl halides is 1. The molecular weight excluding hydrogens is 347 g/mol. The number of hydrogen-bond donors (Lipinski definition) is 1. The van der Waals surface area contributed by atoms with Gasteiger partial charge in [-0.05, 0) is 31.0 Å². The number of ether oxygens (including phenoxy) is 2. The Hall–Kier alpha value is -2.91. The first kappa shape index (κ1) is 17.5. The van der Waals surface area contributed by atoms with E-state index in [-0.39, 0.29) is 5.91 Å². The fraction of sp³-hybridized carbons (Fsp3) is 0.333. The molecule has 1 N–H and O–H groups in total. The molecule has 1 unspecified atom stereocenters. The van der Waals surface area contributed by atoms with Crippen LogP contribution in [0.15, 0.2) is 30.3 Å². The highest BCUT2D eigenvalue weighted by atomic mass is 19.1. The second-order valence-electron chi connectivity index (χ2n) is 7.23. The van der Waals surface area contributed by atoms with Gasteiger partial charge in [0.2, 0.25) is 0 Å². The number of nitrogens with zero attached hydrogens (tertiary/aromatic N) is 1. The van der Waals surface area contributed by atoms with Crippen molar-refractivity contribution in [2.75, 3.05) is 18.5 Å². The van der Waals surface area contributed by atoms with E-state index in [1.807, 2.05) is 12.1 Å². The summed E-state index contributed by atoms with van der Waals surface area (Å²) in [5, 5.41) is 12.4. The van der Waals surface area contributed by atoms with E-state index in [0.29, 0.717) is 42.2 Å². The smallest absolute Gasteiger partial charge is 0.255 e. The molecule has 6 heteroatoms. The quantitative estimate of drug-likeness (QED) is 0.837. The first-order valence-electron chi connectivity index (χ1n) is 8.83. The van der Waals surface area contributed by atoms with Crippen LogP contribution in [0, 0.1) is 11.3 Å². The highest BCUT2D eigenvalue weighted by Crippen LogP contribution is 2.43. The average molecular weight is 366 g/mol. The van der Waals surface area contributed by atoms with Gasteiger partial charge in [-0.2, -0.15) is 5.26 Å². The van der Waals surface area contributed by atoms with Crippen molar-refractivity contribution in [3.63, 3.8) is 0 Å². The van der Waals surface area contributed by atoms with Crippen molar-refractivity contribution in [2.24, 2.45) is 0 Å². The Morgan fingerprint density at radius 2 is 2.04 bits per heavy atom. The second-order valence-corrected chi connectivity index (χ2v) is 7.23. The molecule has 0 aliphatic carbocycles. The summed E-state index contributed by atoms with van der Waals surface area (Å²) in [6.45, 7) is 3.90. The SMILES string of the molecule is CC(C)(F)c1ccc(-c2cc(NC(=O)C3CO3)c(C#N)c3c2OCC3)cc1. The minimum atomic E-state index is -1.43. The normalized spacial score (nSPS) is 17.6. The van der Waals surface area contributed by atoms with Crippen LogP contribution in [0.4, 0.5) is 10.1 Å². The summed E-state index contributed by atoms with van der Waals surface area (Å²) in [7, 11) is 0. The first-order chi connectivity index (χ1) is 12.9. The number of nitriles is 1. The number of carbonyl (C=O) groups excluding carboxylic acids is 1. The van der Waals surface area contributed by atoms with Crippen LogP contribution in [0.25, 0.3) is 11.1 Å². The standard InChI is InChI=1S/C21H19FN2O3/c1-21(2,22)13-5-3-12(4-6-13)15-9-17(24-20(25)18-11-27-18)16(10-23)14-7-8-26-19(14)15/h3-6,9,18H,7-8,11H2,1-2H3,(H,24,25). The van der Waals surface area contributed by atoms with Crippen LogP contribution in [0.1, 0.15) is 30.5 Å². The lowest BCUT2D eigenvalue weighted by molar-refractivity contribution is -0.117. The minimum Gasteiger partial charge on any atom is -0.492 e. The van der Waals surface area contributed by atoms with Gasteiger partial charge in [-0.25, -0.2) is 4.39 Å². The molecule has 0 radical (unpaired) electrons. The van der Waals surface area contributed by atoms with Crippen molar-refractivity contribution in [3.05, 3.63) is 47.0 Å². The Bertz CT molecular complexity index is 951. The lowest BCUT2D eigenvalue weighted by Gasteiger charge is -2.17. The van der Waals surface area contributed by atoms with Crippen LogP contribution in [-0.2, 0) is 21.6 Å². The lowest BCUT2D eigenvalue weighted by Crippen LogP contribution is -2.19. The molecular formula is C21H19FN2O3. The summed E-state index contributed by atoms with van der Waals surface area (Å²) in [6.07, 6.45) is 0.153. The third-order valence-electron chi connectivity index (χ3n) is 4.85. The zero-order valence-electron chi connectivity index (χ0n) is 15.1. The molecule has 0 aromatic heterocycles. The molecule has 2 heterocycles. The Morgan fingerprint density at radius 3 is 2.63 bits per heavy atom. The molecule has 1 amide bonds. The topological polar surface area (TPSA) is 74.7 Å². The van der Waals surface area contributed by atoms with Gasteiger partial charge in [-0.15, -0.1) is 0 Å². The Labute approximate surface area is 156 Å². The maximum Gasteiger partial charge on any atom is 0.255 e. The number of amides is 1. The van der Waals surface area contributed by atoms with Crippen LogP contribution < -0.4 is 10.1 Å². The molecule has 0 bridgehead atoms. The molecule has 1 fully saturated rings. The maximum absolute atomic E-state index is 14.1. The number of carbonyl (C=O) groups is 1. The Kier molecular flexibility index (Phi) is 4.12. The molecule has 2 aromatic carbocycles. The zero-order valence-corrected chi connectivity index (χ0v) is 15.1. The predicted molar refractivity (Wildman–Crippen MR) is 98.3 cm³/mol. The maximum atomic E-state index is 14.1. The van der Waals surface area contributed by atoms with Crippen LogP contribution in [0.2, 0.25) is 0 Å². The fourth-order valence-electron chi connectivity index (χ4n) is 3.28. The Morgan fingerprint density at radius 1 is 1.33 bits per heavy atom. The summed E-state index contributed by atoms with van der Waals surface area (Å²) in [5.41, 5.74) is 2.42. The van der Waals surface area contributed by atoms with E-state index in [1.165, 1.54) is 13.8 Å². The van der Waals surface area contributed by atoms with E-state index >= 15 is 0 Å². The summed E-state index contributed by atoms with van der Waals surface area (Å²) in [5.74, 6) is 0.394. The predicted octanol–water partition coefficient (Wildman–Crippen LogP) is 3.70. The number of rotatable bonds is 4. The molecule has 0 saturated carbocycles. The molecule has 27 heavy (non-hydrogen) atoms. The molecule has 0 spiro atoms. The summed E-state index contributed by atoms with van der Waals surface area (Å²) in [6, 6.07) is 11.1. The van der Waals surface area contributed by atoms with Crippen molar-refractivity contribution >= 4 is 11.6 Å². The van der Waals surface area contributed by atoms with Gasteiger partial charge in [0.1, 0.15) is 17.5 Å². The van der Waals surface area contributed by atoms with Crippen molar-refractivity contribution in [3.8, 4) is 22.9 Å². The largest absolute Gasteiger partial charge is 0.492 e. The van der Waals surface area contributed by atoms with Gasteiger partial charge in [0.25, 0.3) is 5.91 Å². The van der Waals surface area contributed by atoms with Crippen LogP contribution in [0.5, 0.6) is 5.75 Å². The molecule has 5 nitrogen and oxygen atoms in total. The van der Waals surface area contributed by atoms with Gasteiger partial charge in [0, 0.05) is 17.5 Å². The van der Waals surface area contributed by atoms with E-state index in [2.05, 4.69) is 11.4 Å². The number of fused-ring (bicyclic) bond motifs is 1. The summed E-state index contributed by atoms with van der Waals surface area (Å²) >= 11 is 0. The first-order valence-corrected chi connectivity index (χ1v) is 8.83. The number of benzene rings is 2. The third kappa shape index (κ3) is 3.26. The average Bonchev–Trinajstić information content (AvgIpc) is 3.38. The Balaban J connectivity index is 1.79. The van der Waals surface area contributed by atoms with Gasteiger partial charge >= 0.3 is 0 Å². The van der Waals surface area contributed by atoms with E-state index in [1.54, 1.807) is 18.2 Å². The van der Waals surface area contributed by atoms with Gasteiger partial charge in [-0.3, -0.25) is 4.79 Å². The van der Waals surface area contributed by atoms with E-state index in [4.69, 9.17) is 9.47 Å². The van der Waals surface area contributed by atoms with Crippen molar-refractivity contribution < 1.29 is 18.7 Å². The third-order valence-corrected chi connectivity index (χ3v) is 4.85. The number of nitrogens with one attached hydrogen (secondary N) is 1. The monoisotopic (exact) mass is 366 g/mol. The molecule has 1 atom stereocenters. The summed E-state index contributed by atoms with van der Waals surface area (Å²) < 4.78 is 24.9. The number of epoxide rings is 1. The van der Waals surface area contributed by atoms with Crippen molar-refractivity contribution in [1.82, 2.24) is 0 Å². The molecule has 2 aliphatic rings. The van der Waals surface area contributed by atoms with Gasteiger partial charge in [0.15, 0.2) is 6.10 Å². The van der Waals surface area contributed by atoms with Gasteiger partial charge in [-0.1, -0.05) is 24.3 Å². The van der Waals surface area contributed by atoms with Crippen LogP contribution in [-0.4, -0.2) is 25.2 Å². The summed E-state index contributed by atoms with van der Waals surface area (Å²) in [4.78, 5) is 12.1. The molecule has 1 saturated heterocycles. The fourth-order valence-corrected chi connectivity index (χ4v) is 3.28. The van der Waals surface area contributed by atoms with E-state index < -0.39 is 11.8 Å². The van der Waals surface area contributed by atoms with Crippen LogP contribution in [0.3, 0.4) is 0 Å². The molecule has 4 rings (SSSR count). The molecule has 2 aromatic rings. The number of halogens is 1. The van der Waals surface area contributed by atoms with Crippen molar-refractivity contribution in [1.29, 1.82) is 5.26 Å². The highest BCUT2D eigenvalue weighted by Gasteiger charge is 2.33. The lowest BCUT2D eigenvalue weighted by atomic mass is 9.93. The van der Waals surface area contributed by atoms with Gasteiger partial charge < -0.3 is 14.8 Å². The van der Waals surface area contributed by atoms with E-state index in [9.17, 15) is 14.4 Å². The zero-order chi connectivity index (χ0) is 19.2. The van der Waals surface area contributed by atoms with Crippen LogP contribution >= 0.6 is 0 Å². The minimum absolute atomic E-state index is 0.258. The molecule has 138 valence electrons.